The minimum atomic E-state index is 0.435. The van der Waals surface area contributed by atoms with E-state index in [0.717, 1.165) is 24.0 Å². The molecule has 4 nitrogen and oxygen atoms in total. The van der Waals surface area contributed by atoms with Crippen LogP contribution in [0.15, 0.2) is 6.07 Å². The molecule has 0 aliphatic heterocycles. The van der Waals surface area contributed by atoms with Crippen LogP contribution < -0.4 is 10.6 Å². The van der Waals surface area contributed by atoms with Gasteiger partial charge in [-0.3, -0.25) is 0 Å². The first-order chi connectivity index (χ1) is 9.24. The van der Waals surface area contributed by atoms with Gasteiger partial charge in [0, 0.05) is 30.3 Å². The Morgan fingerprint density at radius 3 is 2.58 bits per heavy atom. The fraction of sp³-hybridized carbons (Fsp3) is 0.714. The predicted octanol–water partition coefficient (Wildman–Crippen LogP) is 3.09. The molecule has 0 aromatic carbocycles. The summed E-state index contributed by atoms with van der Waals surface area (Å²) in [5.41, 5.74) is 0. The van der Waals surface area contributed by atoms with E-state index in [1.165, 1.54) is 32.1 Å². The van der Waals surface area contributed by atoms with E-state index < -0.39 is 0 Å². The van der Waals surface area contributed by atoms with Gasteiger partial charge in [-0.2, -0.15) is 11.8 Å². The largest absolute Gasteiger partial charge is 0.373 e. The first-order valence-corrected chi connectivity index (χ1v) is 8.33. The van der Waals surface area contributed by atoms with Gasteiger partial charge in [-0.05, 0) is 31.9 Å². The summed E-state index contributed by atoms with van der Waals surface area (Å²) >= 11 is 1.99. The molecule has 0 amide bonds. The summed E-state index contributed by atoms with van der Waals surface area (Å²) in [6.07, 6.45) is 8.70. The van der Waals surface area contributed by atoms with Gasteiger partial charge < -0.3 is 10.6 Å². The van der Waals surface area contributed by atoms with Gasteiger partial charge in [0.25, 0.3) is 0 Å². The highest BCUT2D eigenvalue weighted by atomic mass is 32.2. The Bertz CT molecular complexity index is 449. The van der Waals surface area contributed by atoms with Gasteiger partial charge in [-0.1, -0.05) is 6.42 Å². The molecule has 0 atom stereocenters. The van der Waals surface area contributed by atoms with Crippen LogP contribution in [-0.4, -0.2) is 34.6 Å². The first kappa shape index (κ1) is 13.0. The summed E-state index contributed by atoms with van der Waals surface area (Å²) < 4.78 is 0.435. The molecule has 0 spiro atoms. The van der Waals surface area contributed by atoms with Crippen LogP contribution in [0.3, 0.4) is 0 Å². The number of nitrogens with one attached hydrogen (secondary N) is 2. The van der Waals surface area contributed by atoms with Crippen molar-refractivity contribution in [3.63, 3.8) is 0 Å². The summed E-state index contributed by atoms with van der Waals surface area (Å²) in [6, 6.07) is 2.01. The maximum absolute atomic E-state index is 4.67. The molecule has 2 aliphatic carbocycles. The van der Waals surface area contributed by atoms with Crippen molar-refractivity contribution in [3.8, 4) is 0 Å². The molecule has 104 valence electrons. The van der Waals surface area contributed by atoms with Crippen molar-refractivity contribution in [3.05, 3.63) is 11.9 Å². The quantitative estimate of drug-likeness (QED) is 0.837. The zero-order valence-electron chi connectivity index (χ0n) is 11.7. The molecule has 2 fully saturated rings. The number of hydrogen-bond acceptors (Lipinski definition) is 5. The highest BCUT2D eigenvalue weighted by molar-refractivity contribution is 8.00. The van der Waals surface area contributed by atoms with Gasteiger partial charge in [0.15, 0.2) is 0 Å². The van der Waals surface area contributed by atoms with E-state index in [4.69, 9.17) is 0 Å². The number of nitrogens with zero attached hydrogens (tertiary/aromatic N) is 2. The second-order valence-electron chi connectivity index (χ2n) is 5.62. The molecule has 0 unspecified atom stereocenters. The number of hydrogen-bond donors (Lipinski definition) is 2. The SMILES string of the molecule is CNc1cc(NCC2(SC)CCC2)nc(C2CC2)n1. The third kappa shape index (κ3) is 2.81. The minimum Gasteiger partial charge on any atom is -0.373 e. The normalized spacial score (nSPS) is 20.7. The van der Waals surface area contributed by atoms with Crippen LogP contribution in [-0.2, 0) is 0 Å². The second kappa shape index (κ2) is 5.19. The number of anilines is 2. The monoisotopic (exact) mass is 278 g/mol. The molecule has 0 radical (unpaired) electrons. The molecule has 0 saturated heterocycles. The Morgan fingerprint density at radius 1 is 1.32 bits per heavy atom. The van der Waals surface area contributed by atoms with Crippen molar-refractivity contribution in [2.75, 3.05) is 30.5 Å². The van der Waals surface area contributed by atoms with Crippen molar-refractivity contribution in [2.24, 2.45) is 0 Å². The van der Waals surface area contributed by atoms with Gasteiger partial charge in [-0.25, -0.2) is 9.97 Å². The van der Waals surface area contributed by atoms with Gasteiger partial charge in [-0.15, -0.1) is 0 Å². The fourth-order valence-electron chi connectivity index (χ4n) is 2.48. The third-order valence-corrected chi connectivity index (χ3v) is 5.65. The summed E-state index contributed by atoms with van der Waals surface area (Å²) in [4.78, 5) is 9.21. The fourth-order valence-corrected chi connectivity index (χ4v) is 3.40. The topological polar surface area (TPSA) is 49.8 Å². The number of thioether (sulfide) groups is 1. The molecule has 1 heterocycles. The van der Waals surface area contributed by atoms with Crippen molar-refractivity contribution in [2.45, 2.75) is 42.8 Å². The first-order valence-electron chi connectivity index (χ1n) is 7.10. The lowest BCUT2D eigenvalue weighted by Crippen LogP contribution is -2.40. The van der Waals surface area contributed by atoms with Crippen LogP contribution in [0.25, 0.3) is 0 Å². The molecule has 0 bridgehead atoms. The highest BCUT2D eigenvalue weighted by Gasteiger charge is 2.36. The zero-order valence-corrected chi connectivity index (χ0v) is 12.5. The Hall–Kier alpha value is -0.970. The Balaban J connectivity index is 1.70. The van der Waals surface area contributed by atoms with Gasteiger partial charge in [0.05, 0.1) is 0 Å². The van der Waals surface area contributed by atoms with E-state index in [1.807, 2.05) is 24.9 Å². The summed E-state index contributed by atoms with van der Waals surface area (Å²) in [6.45, 7) is 1.01. The van der Waals surface area contributed by atoms with Crippen molar-refractivity contribution < 1.29 is 0 Å². The lowest BCUT2D eigenvalue weighted by Gasteiger charge is -2.40. The average molecular weight is 278 g/mol. The van der Waals surface area contributed by atoms with Crippen LogP contribution in [0.1, 0.15) is 43.8 Å². The number of rotatable bonds is 6. The molecule has 2 aliphatic rings. The minimum absolute atomic E-state index is 0.435. The Labute approximate surface area is 119 Å². The lowest BCUT2D eigenvalue weighted by molar-refractivity contribution is 0.379. The van der Waals surface area contributed by atoms with Gasteiger partial charge >= 0.3 is 0 Å². The van der Waals surface area contributed by atoms with E-state index in [2.05, 4.69) is 26.9 Å². The predicted molar refractivity (Wildman–Crippen MR) is 82.1 cm³/mol. The van der Waals surface area contributed by atoms with Crippen LogP contribution in [0, 0.1) is 0 Å². The molecular formula is C14H22N4S. The van der Waals surface area contributed by atoms with E-state index in [1.54, 1.807) is 0 Å². The van der Waals surface area contributed by atoms with Crippen LogP contribution in [0.5, 0.6) is 0 Å². The third-order valence-electron chi connectivity index (χ3n) is 4.23. The Kier molecular flexibility index (Phi) is 3.56. The molecule has 1 aromatic heterocycles. The van der Waals surface area contributed by atoms with Crippen molar-refractivity contribution >= 4 is 23.4 Å². The lowest BCUT2D eigenvalue weighted by atomic mass is 9.84. The maximum Gasteiger partial charge on any atom is 0.136 e. The summed E-state index contributed by atoms with van der Waals surface area (Å²) in [5.74, 6) is 3.49. The summed E-state index contributed by atoms with van der Waals surface area (Å²) in [5, 5.41) is 6.66. The summed E-state index contributed by atoms with van der Waals surface area (Å²) in [7, 11) is 1.91. The average Bonchev–Trinajstić information content (AvgIpc) is 3.22. The highest BCUT2D eigenvalue weighted by Crippen LogP contribution is 2.43. The number of aromatic nitrogens is 2. The molecule has 5 heteroatoms. The molecule has 19 heavy (non-hydrogen) atoms. The Morgan fingerprint density at radius 2 is 2.05 bits per heavy atom. The van der Waals surface area contributed by atoms with Crippen molar-refractivity contribution in [1.29, 1.82) is 0 Å². The van der Waals surface area contributed by atoms with Crippen LogP contribution >= 0.6 is 11.8 Å². The van der Waals surface area contributed by atoms with E-state index >= 15 is 0 Å². The van der Waals surface area contributed by atoms with Crippen LogP contribution in [0.2, 0.25) is 0 Å². The molecule has 1 aromatic rings. The van der Waals surface area contributed by atoms with E-state index in [9.17, 15) is 0 Å². The van der Waals surface area contributed by atoms with Gasteiger partial charge in [0.1, 0.15) is 17.5 Å². The zero-order chi connectivity index (χ0) is 13.3. The van der Waals surface area contributed by atoms with Crippen LogP contribution in [0.4, 0.5) is 11.6 Å². The molecule has 2 N–H and O–H groups in total. The molecule has 2 saturated carbocycles. The van der Waals surface area contributed by atoms with E-state index in [0.29, 0.717) is 10.7 Å². The molecular weight excluding hydrogens is 256 g/mol. The standard InChI is InChI=1S/C14H22N4S/c1-15-11-8-12(18-13(17-11)10-4-5-10)16-9-14(19-2)6-3-7-14/h8,10H,3-7,9H2,1-2H3,(H2,15,16,17,18). The second-order valence-corrected chi connectivity index (χ2v) is 6.89. The smallest absolute Gasteiger partial charge is 0.136 e. The maximum atomic E-state index is 4.67. The van der Waals surface area contributed by atoms with Gasteiger partial charge in [0.2, 0.25) is 0 Å². The molecule has 3 rings (SSSR count). The van der Waals surface area contributed by atoms with E-state index in [-0.39, 0.29) is 0 Å². The van der Waals surface area contributed by atoms with Crippen molar-refractivity contribution in [1.82, 2.24) is 9.97 Å².